The van der Waals surface area contributed by atoms with Gasteiger partial charge in [0, 0.05) is 19.1 Å². The van der Waals surface area contributed by atoms with Gasteiger partial charge in [-0.15, -0.1) is 23.7 Å². The molecule has 2 heterocycles. The Balaban J connectivity index is 0.00000128. The third-order valence-corrected chi connectivity index (χ3v) is 5.89. The molecular formula is C8H12Cl2N2O2S2. The molecule has 0 radical (unpaired) electrons. The van der Waals surface area contributed by atoms with E-state index in [4.69, 9.17) is 17.3 Å². The molecule has 0 amide bonds. The van der Waals surface area contributed by atoms with Gasteiger partial charge in [-0.1, -0.05) is 11.6 Å². The lowest BCUT2D eigenvalue weighted by molar-refractivity contribution is 0.474. The summed E-state index contributed by atoms with van der Waals surface area (Å²) in [7, 11) is -3.36. The number of hydrogen-bond acceptors (Lipinski definition) is 4. The van der Waals surface area contributed by atoms with E-state index in [-0.39, 0.29) is 18.4 Å². The van der Waals surface area contributed by atoms with Gasteiger partial charge >= 0.3 is 0 Å². The first kappa shape index (κ1) is 14.2. The maximum atomic E-state index is 12.0. The van der Waals surface area contributed by atoms with Gasteiger partial charge < -0.3 is 5.73 Å². The molecule has 1 fully saturated rings. The van der Waals surface area contributed by atoms with Crippen LogP contribution in [0.4, 0.5) is 0 Å². The van der Waals surface area contributed by atoms with Crippen LogP contribution in [0.5, 0.6) is 0 Å². The second-order valence-corrected chi connectivity index (χ2v) is 7.35. The van der Waals surface area contributed by atoms with Gasteiger partial charge in [0.2, 0.25) is 0 Å². The van der Waals surface area contributed by atoms with Gasteiger partial charge in [-0.2, -0.15) is 4.31 Å². The first-order valence-corrected chi connectivity index (χ1v) is 7.14. The van der Waals surface area contributed by atoms with Crippen LogP contribution in [-0.2, 0) is 10.0 Å². The number of halogens is 2. The van der Waals surface area contributed by atoms with Gasteiger partial charge in [-0.25, -0.2) is 8.42 Å². The van der Waals surface area contributed by atoms with Crippen molar-refractivity contribution in [3.05, 3.63) is 16.5 Å². The molecule has 1 aromatic heterocycles. The van der Waals surface area contributed by atoms with Crippen LogP contribution in [0.15, 0.2) is 16.3 Å². The predicted molar refractivity (Wildman–Crippen MR) is 67.9 cm³/mol. The van der Waals surface area contributed by atoms with Gasteiger partial charge in [-0.05, 0) is 18.6 Å². The van der Waals surface area contributed by atoms with E-state index in [0.717, 1.165) is 17.8 Å². The fraction of sp³-hybridized carbons (Fsp3) is 0.500. The molecular weight excluding hydrogens is 291 g/mol. The zero-order valence-electron chi connectivity index (χ0n) is 8.30. The Kier molecular flexibility index (Phi) is 4.62. The summed E-state index contributed by atoms with van der Waals surface area (Å²) >= 11 is 6.79. The summed E-state index contributed by atoms with van der Waals surface area (Å²) in [5.41, 5.74) is 5.68. The van der Waals surface area contributed by atoms with Crippen LogP contribution in [-0.4, -0.2) is 31.9 Å². The van der Waals surface area contributed by atoms with E-state index >= 15 is 0 Å². The highest BCUT2D eigenvalue weighted by Gasteiger charge is 2.31. The summed E-state index contributed by atoms with van der Waals surface area (Å²) in [5.74, 6) is 0. The van der Waals surface area contributed by atoms with E-state index in [9.17, 15) is 8.42 Å². The largest absolute Gasteiger partial charge is 0.326 e. The number of nitrogens with two attached hydrogens (primary N) is 1. The Hall–Kier alpha value is 0.150. The molecule has 4 nitrogen and oxygen atoms in total. The summed E-state index contributed by atoms with van der Waals surface area (Å²) in [6.45, 7) is 0.900. The van der Waals surface area contributed by atoms with E-state index in [1.807, 2.05) is 0 Å². The molecule has 0 aromatic carbocycles. The summed E-state index contributed by atoms with van der Waals surface area (Å²) in [4.78, 5) is 0. The molecule has 92 valence electrons. The van der Waals surface area contributed by atoms with Gasteiger partial charge in [0.1, 0.15) is 4.21 Å². The molecule has 1 saturated heterocycles. The Morgan fingerprint density at radius 2 is 2.19 bits per heavy atom. The highest BCUT2D eigenvalue weighted by molar-refractivity contribution is 7.91. The van der Waals surface area contributed by atoms with E-state index in [1.165, 1.54) is 10.4 Å². The minimum atomic E-state index is -3.36. The van der Waals surface area contributed by atoms with Crippen LogP contribution >= 0.6 is 35.3 Å². The second kappa shape index (κ2) is 5.20. The Morgan fingerprint density at radius 1 is 1.50 bits per heavy atom. The molecule has 0 spiro atoms. The van der Waals surface area contributed by atoms with Gasteiger partial charge in [-0.3, -0.25) is 0 Å². The number of nitrogens with zero attached hydrogens (tertiary/aromatic N) is 1. The van der Waals surface area contributed by atoms with E-state index in [2.05, 4.69) is 0 Å². The Morgan fingerprint density at radius 3 is 2.62 bits per heavy atom. The Bertz CT molecular complexity index is 460. The highest BCUT2D eigenvalue weighted by atomic mass is 35.5. The molecule has 2 rings (SSSR count). The third-order valence-electron chi connectivity index (χ3n) is 2.33. The van der Waals surface area contributed by atoms with Crippen molar-refractivity contribution in [2.45, 2.75) is 16.7 Å². The van der Waals surface area contributed by atoms with E-state index in [0.29, 0.717) is 21.6 Å². The normalized spacial score (nSPS) is 22.0. The van der Waals surface area contributed by atoms with Crippen molar-refractivity contribution in [1.82, 2.24) is 4.31 Å². The van der Waals surface area contributed by atoms with E-state index < -0.39 is 10.0 Å². The zero-order chi connectivity index (χ0) is 11.1. The molecule has 8 heteroatoms. The van der Waals surface area contributed by atoms with Gasteiger partial charge in [0.05, 0.1) is 4.34 Å². The fourth-order valence-corrected chi connectivity index (χ4v) is 4.68. The van der Waals surface area contributed by atoms with Crippen molar-refractivity contribution in [3.8, 4) is 0 Å². The molecule has 1 atom stereocenters. The van der Waals surface area contributed by atoms with Crippen LogP contribution in [0.2, 0.25) is 4.34 Å². The van der Waals surface area contributed by atoms with Crippen LogP contribution in [0.1, 0.15) is 6.42 Å². The maximum Gasteiger partial charge on any atom is 0.252 e. The highest BCUT2D eigenvalue weighted by Crippen LogP contribution is 2.29. The molecule has 2 N–H and O–H groups in total. The van der Waals surface area contributed by atoms with Gasteiger partial charge in [0.25, 0.3) is 10.0 Å². The minimum absolute atomic E-state index is 0. The topological polar surface area (TPSA) is 63.4 Å². The van der Waals surface area contributed by atoms with E-state index in [1.54, 1.807) is 6.07 Å². The molecule has 0 unspecified atom stereocenters. The molecule has 0 bridgehead atoms. The van der Waals surface area contributed by atoms with Crippen molar-refractivity contribution in [1.29, 1.82) is 0 Å². The standard InChI is InChI=1S/C8H11ClN2O2S2.ClH/c9-7-1-2-8(14-7)15(12,13)11-4-3-6(10)5-11;/h1-2,6H,3-5,10H2;1H/t6-;/m0./s1. The number of hydrogen-bond donors (Lipinski definition) is 1. The predicted octanol–water partition coefficient (Wildman–Crippen LogP) is 1.54. The van der Waals surface area contributed by atoms with Crippen molar-refractivity contribution in [3.63, 3.8) is 0 Å². The molecule has 1 aliphatic rings. The lowest BCUT2D eigenvalue weighted by Gasteiger charge is -2.13. The SMILES string of the molecule is Cl.N[C@H]1CCN(S(=O)(=O)c2ccc(Cl)s2)C1. The summed E-state index contributed by atoms with van der Waals surface area (Å²) in [6, 6.07) is 3.08. The number of sulfonamides is 1. The van der Waals surface area contributed by atoms with Crippen molar-refractivity contribution in [2.75, 3.05) is 13.1 Å². The van der Waals surface area contributed by atoms with Crippen molar-refractivity contribution >= 4 is 45.4 Å². The summed E-state index contributed by atoms with van der Waals surface area (Å²) < 4.78 is 26.2. The molecule has 0 aliphatic carbocycles. The maximum absolute atomic E-state index is 12.0. The zero-order valence-corrected chi connectivity index (χ0v) is 11.5. The quantitative estimate of drug-likeness (QED) is 0.901. The Labute approximate surface area is 110 Å². The van der Waals surface area contributed by atoms with Crippen LogP contribution in [0.3, 0.4) is 0 Å². The van der Waals surface area contributed by atoms with Crippen LogP contribution < -0.4 is 5.73 Å². The average Bonchev–Trinajstić information content (AvgIpc) is 2.74. The molecule has 1 aliphatic heterocycles. The summed E-state index contributed by atoms with van der Waals surface area (Å²) in [5, 5.41) is 0. The first-order valence-electron chi connectivity index (χ1n) is 4.51. The third kappa shape index (κ3) is 2.69. The monoisotopic (exact) mass is 302 g/mol. The molecule has 0 saturated carbocycles. The van der Waals surface area contributed by atoms with Gasteiger partial charge in [0.15, 0.2) is 0 Å². The first-order chi connectivity index (χ1) is 7.00. The lowest BCUT2D eigenvalue weighted by atomic mass is 10.3. The molecule has 16 heavy (non-hydrogen) atoms. The smallest absolute Gasteiger partial charge is 0.252 e. The average molecular weight is 303 g/mol. The number of thiophene rings is 1. The summed E-state index contributed by atoms with van der Waals surface area (Å²) in [6.07, 6.45) is 0.721. The van der Waals surface area contributed by atoms with Crippen molar-refractivity contribution in [2.24, 2.45) is 5.73 Å². The molecule has 1 aromatic rings. The lowest BCUT2D eigenvalue weighted by Crippen LogP contribution is -2.31. The van der Waals surface area contributed by atoms with Crippen LogP contribution in [0.25, 0.3) is 0 Å². The van der Waals surface area contributed by atoms with Crippen LogP contribution in [0, 0.1) is 0 Å². The van der Waals surface area contributed by atoms with Crippen molar-refractivity contribution < 1.29 is 8.42 Å². The number of rotatable bonds is 2. The minimum Gasteiger partial charge on any atom is -0.326 e. The second-order valence-electron chi connectivity index (χ2n) is 3.47. The fourth-order valence-electron chi connectivity index (χ4n) is 1.54.